The molecule has 0 unspecified atom stereocenters. The Labute approximate surface area is 103 Å². The molecule has 1 aliphatic carbocycles. The average Bonchev–Trinajstić information content (AvgIpc) is 2.27. The molecular weight excluding hydrogens is 243 g/mol. The number of nitriles is 1. The summed E-state index contributed by atoms with van der Waals surface area (Å²) < 4.78 is 43.5. The molecule has 1 aromatic rings. The smallest absolute Gasteiger partial charge is 0.419 e. The van der Waals surface area contributed by atoms with E-state index in [4.69, 9.17) is 4.74 Å². The Bertz CT molecular complexity index is 498. The third kappa shape index (κ3) is 1.82. The minimum absolute atomic E-state index is 0.216. The van der Waals surface area contributed by atoms with Gasteiger partial charge in [0, 0.05) is 5.56 Å². The van der Waals surface area contributed by atoms with E-state index in [9.17, 15) is 18.4 Å². The Kier molecular flexibility index (Phi) is 2.97. The monoisotopic (exact) mass is 255 g/mol. The maximum absolute atomic E-state index is 12.9. The molecule has 0 aliphatic heterocycles. The first-order valence-electron chi connectivity index (χ1n) is 5.60. The van der Waals surface area contributed by atoms with Crippen LogP contribution in [0.5, 0.6) is 5.75 Å². The van der Waals surface area contributed by atoms with Crippen molar-refractivity contribution in [2.24, 2.45) is 0 Å². The zero-order valence-corrected chi connectivity index (χ0v) is 9.84. The summed E-state index contributed by atoms with van der Waals surface area (Å²) >= 11 is 0. The number of rotatable bonds is 2. The fraction of sp³-hybridized carbons (Fsp3) is 0.462. The van der Waals surface area contributed by atoms with Gasteiger partial charge in [-0.15, -0.1) is 0 Å². The number of alkyl halides is 3. The second-order valence-electron chi connectivity index (χ2n) is 4.43. The van der Waals surface area contributed by atoms with Crippen LogP contribution in [0.2, 0.25) is 0 Å². The topological polar surface area (TPSA) is 33.0 Å². The predicted octanol–water partition coefficient (Wildman–Crippen LogP) is 3.66. The van der Waals surface area contributed by atoms with Gasteiger partial charge in [0.2, 0.25) is 0 Å². The van der Waals surface area contributed by atoms with E-state index in [0.29, 0.717) is 18.4 Å². The summed E-state index contributed by atoms with van der Waals surface area (Å²) in [6.45, 7) is 0. The van der Waals surface area contributed by atoms with Crippen LogP contribution in [0, 0.1) is 11.3 Å². The zero-order valence-electron chi connectivity index (χ0n) is 9.84. The molecule has 0 atom stereocenters. The molecule has 0 bridgehead atoms. The molecule has 1 aromatic carbocycles. The Balaban J connectivity index is 2.60. The van der Waals surface area contributed by atoms with E-state index >= 15 is 0 Å². The highest BCUT2D eigenvalue weighted by Gasteiger charge is 2.44. The molecule has 5 heteroatoms. The Morgan fingerprint density at radius 2 is 2.00 bits per heavy atom. The third-order valence-electron chi connectivity index (χ3n) is 3.46. The number of methoxy groups -OCH3 is 1. The maximum atomic E-state index is 12.9. The zero-order chi connectivity index (χ0) is 13.4. The highest BCUT2D eigenvalue weighted by atomic mass is 19.4. The molecular formula is C13H12F3NO. The first-order chi connectivity index (χ1) is 8.44. The normalized spacial score (nSPS) is 17.7. The van der Waals surface area contributed by atoms with Crippen LogP contribution in [0.3, 0.4) is 0 Å². The van der Waals surface area contributed by atoms with Crippen LogP contribution in [0.25, 0.3) is 0 Å². The summed E-state index contributed by atoms with van der Waals surface area (Å²) in [5.74, 6) is -0.216. The number of para-hydroxylation sites is 1. The molecule has 0 radical (unpaired) electrons. The van der Waals surface area contributed by atoms with E-state index in [-0.39, 0.29) is 5.75 Å². The molecule has 1 fully saturated rings. The summed E-state index contributed by atoms with van der Waals surface area (Å²) in [5, 5.41) is 9.22. The molecule has 0 spiro atoms. The summed E-state index contributed by atoms with van der Waals surface area (Å²) in [5.41, 5.74) is -1.27. The fourth-order valence-electron chi connectivity index (χ4n) is 2.33. The third-order valence-corrected chi connectivity index (χ3v) is 3.46. The average molecular weight is 255 g/mol. The molecule has 0 heterocycles. The first-order valence-corrected chi connectivity index (χ1v) is 5.60. The second-order valence-corrected chi connectivity index (χ2v) is 4.43. The van der Waals surface area contributed by atoms with Crippen LogP contribution in [0.4, 0.5) is 13.2 Å². The largest absolute Gasteiger partial charge is 0.496 e. The van der Waals surface area contributed by atoms with Gasteiger partial charge in [-0.05, 0) is 25.3 Å². The number of ether oxygens (including phenoxy) is 1. The quantitative estimate of drug-likeness (QED) is 0.808. The van der Waals surface area contributed by atoms with Crippen molar-refractivity contribution in [1.82, 2.24) is 0 Å². The number of hydrogen-bond acceptors (Lipinski definition) is 2. The van der Waals surface area contributed by atoms with Crippen molar-refractivity contribution in [3.8, 4) is 11.8 Å². The van der Waals surface area contributed by atoms with E-state index in [1.165, 1.54) is 13.2 Å². The van der Waals surface area contributed by atoms with Gasteiger partial charge in [-0.25, -0.2) is 0 Å². The lowest BCUT2D eigenvalue weighted by molar-refractivity contribution is -0.138. The van der Waals surface area contributed by atoms with Gasteiger partial charge < -0.3 is 4.74 Å². The van der Waals surface area contributed by atoms with Crippen molar-refractivity contribution in [3.63, 3.8) is 0 Å². The number of hydrogen-bond donors (Lipinski definition) is 0. The van der Waals surface area contributed by atoms with Crippen LogP contribution in [-0.2, 0) is 11.6 Å². The standard InChI is InChI=1S/C13H12F3NO/c1-18-11-9(12(8-17)6-3-7-12)4-2-5-10(11)13(14,15)16/h2,4-5H,3,6-7H2,1H3. The summed E-state index contributed by atoms with van der Waals surface area (Å²) in [4.78, 5) is 0. The van der Waals surface area contributed by atoms with E-state index in [1.54, 1.807) is 6.07 Å². The van der Waals surface area contributed by atoms with Crippen LogP contribution < -0.4 is 4.74 Å². The van der Waals surface area contributed by atoms with Gasteiger partial charge >= 0.3 is 6.18 Å². The van der Waals surface area contributed by atoms with Crippen LogP contribution in [0.1, 0.15) is 30.4 Å². The lowest BCUT2D eigenvalue weighted by atomic mass is 9.65. The van der Waals surface area contributed by atoms with Crippen LogP contribution in [-0.4, -0.2) is 7.11 Å². The summed E-state index contributed by atoms with van der Waals surface area (Å²) in [6, 6.07) is 6.00. The van der Waals surface area contributed by atoms with Crippen LogP contribution >= 0.6 is 0 Å². The minimum Gasteiger partial charge on any atom is -0.496 e. The Hall–Kier alpha value is -1.70. The molecule has 0 N–H and O–H groups in total. The summed E-state index contributed by atoms with van der Waals surface area (Å²) in [7, 11) is 1.21. The van der Waals surface area contributed by atoms with Gasteiger partial charge in [0.05, 0.1) is 24.2 Å². The maximum Gasteiger partial charge on any atom is 0.419 e. The SMILES string of the molecule is COc1c(C(F)(F)F)cccc1C1(C#N)CCC1. The molecule has 1 aliphatic rings. The Morgan fingerprint density at radius 1 is 1.33 bits per heavy atom. The van der Waals surface area contributed by atoms with E-state index in [0.717, 1.165) is 12.5 Å². The Morgan fingerprint density at radius 3 is 2.39 bits per heavy atom. The van der Waals surface area contributed by atoms with Gasteiger partial charge in [0.25, 0.3) is 0 Å². The lowest BCUT2D eigenvalue weighted by Gasteiger charge is -2.37. The molecule has 96 valence electrons. The molecule has 18 heavy (non-hydrogen) atoms. The number of nitrogens with zero attached hydrogens (tertiary/aromatic N) is 1. The molecule has 1 saturated carbocycles. The first kappa shape index (κ1) is 12.7. The van der Waals surface area contributed by atoms with Gasteiger partial charge in [-0.3, -0.25) is 0 Å². The highest BCUT2D eigenvalue weighted by molar-refractivity contribution is 5.51. The van der Waals surface area contributed by atoms with Crippen molar-refractivity contribution < 1.29 is 17.9 Å². The molecule has 0 amide bonds. The second kappa shape index (κ2) is 4.20. The fourth-order valence-corrected chi connectivity index (χ4v) is 2.33. The van der Waals surface area contributed by atoms with Gasteiger partial charge in [0.15, 0.2) is 0 Å². The van der Waals surface area contributed by atoms with E-state index in [1.807, 2.05) is 0 Å². The molecule has 2 rings (SSSR count). The predicted molar refractivity (Wildman–Crippen MR) is 59.1 cm³/mol. The van der Waals surface area contributed by atoms with Crippen molar-refractivity contribution in [2.45, 2.75) is 30.9 Å². The highest BCUT2D eigenvalue weighted by Crippen LogP contribution is 2.49. The van der Waals surface area contributed by atoms with Crippen molar-refractivity contribution in [3.05, 3.63) is 29.3 Å². The minimum atomic E-state index is -4.47. The van der Waals surface area contributed by atoms with Crippen molar-refractivity contribution in [2.75, 3.05) is 7.11 Å². The van der Waals surface area contributed by atoms with Gasteiger partial charge in [-0.1, -0.05) is 12.1 Å². The molecule has 0 saturated heterocycles. The number of benzene rings is 1. The van der Waals surface area contributed by atoms with Gasteiger partial charge in [0.1, 0.15) is 5.75 Å². The van der Waals surface area contributed by atoms with Crippen molar-refractivity contribution >= 4 is 0 Å². The van der Waals surface area contributed by atoms with Crippen LogP contribution in [0.15, 0.2) is 18.2 Å². The number of halogens is 3. The van der Waals surface area contributed by atoms with E-state index < -0.39 is 17.2 Å². The molecule has 2 nitrogen and oxygen atoms in total. The summed E-state index contributed by atoms with van der Waals surface area (Å²) in [6.07, 6.45) is -2.45. The van der Waals surface area contributed by atoms with E-state index in [2.05, 4.69) is 6.07 Å². The molecule has 0 aromatic heterocycles. The van der Waals surface area contributed by atoms with Gasteiger partial charge in [-0.2, -0.15) is 18.4 Å². The van der Waals surface area contributed by atoms with Crippen molar-refractivity contribution in [1.29, 1.82) is 5.26 Å². The lowest BCUT2D eigenvalue weighted by Crippen LogP contribution is -2.33.